The predicted molar refractivity (Wildman–Crippen MR) is 73.9 cm³/mol. The summed E-state index contributed by atoms with van der Waals surface area (Å²) in [5.41, 5.74) is 2.48. The van der Waals surface area contributed by atoms with E-state index in [4.69, 9.17) is 5.26 Å². The molecular formula is C16H16N2O. The van der Waals surface area contributed by atoms with Crippen molar-refractivity contribution in [1.29, 1.82) is 5.26 Å². The van der Waals surface area contributed by atoms with Crippen LogP contribution in [0.4, 0.5) is 0 Å². The van der Waals surface area contributed by atoms with Crippen molar-refractivity contribution in [3.63, 3.8) is 0 Å². The van der Waals surface area contributed by atoms with Gasteiger partial charge in [-0.1, -0.05) is 19.1 Å². The fourth-order valence-corrected chi connectivity index (χ4v) is 2.03. The number of hydrogen-bond acceptors (Lipinski definition) is 2. The zero-order valence-electron chi connectivity index (χ0n) is 11.0. The molecule has 0 aliphatic carbocycles. The molecule has 0 unspecified atom stereocenters. The number of Topliss-reactive ketones (excluding diaryl/α,β-unsaturated/α-hetero) is 1. The van der Waals surface area contributed by atoms with Crippen molar-refractivity contribution in [2.75, 3.05) is 0 Å². The molecule has 2 aromatic rings. The SMILES string of the molecule is CCCC(=O)c1ccn(Cc2cccc(C#N)c2)c1. The minimum atomic E-state index is 0.187. The number of nitriles is 1. The van der Waals surface area contributed by atoms with Crippen LogP contribution in [0.3, 0.4) is 0 Å². The fourth-order valence-electron chi connectivity index (χ4n) is 2.03. The summed E-state index contributed by atoms with van der Waals surface area (Å²) in [6, 6.07) is 11.5. The van der Waals surface area contributed by atoms with E-state index in [9.17, 15) is 4.79 Å². The van der Waals surface area contributed by atoms with Gasteiger partial charge in [0.2, 0.25) is 0 Å². The van der Waals surface area contributed by atoms with Gasteiger partial charge in [-0.25, -0.2) is 0 Å². The maximum absolute atomic E-state index is 11.8. The lowest BCUT2D eigenvalue weighted by molar-refractivity contribution is 0.0981. The Balaban J connectivity index is 2.11. The van der Waals surface area contributed by atoms with E-state index in [1.54, 1.807) is 6.07 Å². The Morgan fingerprint density at radius 2 is 2.21 bits per heavy atom. The Morgan fingerprint density at radius 3 is 2.95 bits per heavy atom. The molecule has 3 heteroatoms. The molecule has 1 heterocycles. The van der Waals surface area contributed by atoms with Gasteiger partial charge in [-0.05, 0) is 30.2 Å². The van der Waals surface area contributed by atoms with E-state index in [0.717, 1.165) is 17.5 Å². The second-order valence-corrected chi connectivity index (χ2v) is 4.56. The molecule has 0 atom stereocenters. The van der Waals surface area contributed by atoms with Gasteiger partial charge in [0.05, 0.1) is 11.6 Å². The highest BCUT2D eigenvalue weighted by Crippen LogP contribution is 2.10. The number of carbonyl (C=O) groups excluding carboxylic acids is 1. The van der Waals surface area contributed by atoms with Gasteiger partial charge in [-0.15, -0.1) is 0 Å². The largest absolute Gasteiger partial charge is 0.349 e. The van der Waals surface area contributed by atoms with Crippen LogP contribution < -0.4 is 0 Å². The Hall–Kier alpha value is -2.34. The minimum absolute atomic E-state index is 0.187. The van der Waals surface area contributed by atoms with Gasteiger partial charge >= 0.3 is 0 Å². The van der Waals surface area contributed by atoms with Crippen LogP contribution in [0.15, 0.2) is 42.7 Å². The van der Waals surface area contributed by atoms with E-state index < -0.39 is 0 Å². The van der Waals surface area contributed by atoms with E-state index >= 15 is 0 Å². The Kier molecular flexibility index (Phi) is 4.15. The fraction of sp³-hybridized carbons (Fsp3) is 0.250. The number of carbonyl (C=O) groups is 1. The van der Waals surface area contributed by atoms with Gasteiger partial charge in [-0.3, -0.25) is 4.79 Å². The summed E-state index contributed by atoms with van der Waals surface area (Å²) >= 11 is 0. The maximum Gasteiger partial charge on any atom is 0.164 e. The van der Waals surface area contributed by atoms with Gasteiger partial charge in [-0.2, -0.15) is 5.26 Å². The van der Waals surface area contributed by atoms with Crippen molar-refractivity contribution in [2.45, 2.75) is 26.3 Å². The molecule has 0 fully saturated rings. The summed E-state index contributed by atoms with van der Waals surface area (Å²) in [5.74, 6) is 0.187. The molecule has 1 aromatic heterocycles. The molecule has 0 radical (unpaired) electrons. The van der Waals surface area contributed by atoms with Crippen molar-refractivity contribution < 1.29 is 4.79 Å². The van der Waals surface area contributed by atoms with Crippen molar-refractivity contribution in [3.05, 3.63) is 59.4 Å². The number of hydrogen-bond donors (Lipinski definition) is 0. The number of benzene rings is 1. The molecule has 3 nitrogen and oxygen atoms in total. The highest BCUT2D eigenvalue weighted by atomic mass is 16.1. The molecule has 0 saturated heterocycles. The van der Waals surface area contributed by atoms with Crippen LogP contribution in [-0.4, -0.2) is 10.4 Å². The molecular weight excluding hydrogens is 236 g/mol. The summed E-state index contributed by atoms with van der Waals surface area (Å²) in [5, 5.41) is 8.86. The zero-order valence-corrected chi connectivity index (χ0v) is 11.0. The molecule has 0 spiro atoms. The first-order chi connectivity index (χ1) is 9.22. The van der Waals surface area contributed by atoms with Gasteiger partial charge in [0, 0.05) is 30.9 Å². The zero-order chi connectivity index (χ0) is 13.7. The van der Waals surface area contributed by atoms with Gasteiger partial charge in [0.15, 0.2) is 5.78 Å². The Labute approximate surface area is 113 Å². The summed E-state index contributed by atoms with van der Waals surface area (Å²) < 4.78 is 1.97. The smallest absolute Gasteiger partial charge is 0.164 e. The van der Waals surface area contributed by atoms with Crippen molar-refractivity contribution >= 4 is 5.78 Å². The van der Waals surface area contributed by atoms with Crippen molar-refractivity contribution in [2.24, 2.45) is 0 Å². The van der Waals surface area contributed by atoms with Gasteiger partial charge in [0.1, 0.15) is 0 Å². The lowest BCUT2D eigenvalue weighted by Crippen LogP contribution is -1.99. The molecule has 2 rings (SSSR count). The Morgan fingerprint density at radius 1 is 1.37 bits per heavy atom. The quantitative estimate of drug-likeness (QED) is 0.766. The highest BCUT2D eigenvalue weighted by Gasteiger charge is 2.06. The molecule has 0 aliphatic heterocycles. The number of nitrogens with zero attached hydrogens (tertiary/aromatic N) is 2. The van der Waals surface area contributed by atoms with E-state index in [2.05, 4.69) is 6.07 Å². The first-order valence-electron chi connectivity index (χ1n) is 6.41. The van der Waals surface area contributed by atoms with Crippen molar-refractivity contribution in [1.82, 2.24) is 4.57 Å². The number of aromatic nitrogens is 1. The van der Waals surface area contributed by atoms with E-state index in [-0.39, 0.29) is 5.78 Å². The van der Waals surface area contributed by atoms with Crippen LogP contribution in [0.25, 0.3) is 0 Å². The number of rotatable bonds is 5. The van der Waals surface area contributed by atoms with E-state index in [0.29, 0.717) is 18.5 Å². The van der Waals surface area contributed by atoms with Crippen LogP contribution in [0.1, 0.15) is 41.3 Å². The Bertz CT molecular complexity index is 620. The second-order valence-electron chi connectivity index (χ2n) is 4.56. The predicted octanol–water partition coefficient (Wildman–Crippen LogP) is 3.39. The lowest BCUT2D eigenvalue weighted by atomic mass is 10.1. The first kappa shape index (κ1) is 13.1. The maximum atomic E-state index is 11.8. The summed E-state index contributed by atoms with van der Waals surface area (Å²) in [7, 11) is 0. The normalized spacial score (nSPS) is 10.1. The standard InChI is InChI=1S/C16H16N2O/c1-2-4-16(19)15-7-8-18(12-15)11-14-6-3-5-13(9-14)10-17/h3,5-9,12H,2,4,11H2,1H3. The molecule has 0 N–H and O–H groups in total. The first-order valence-corrected chi connectivity index (χ1v) is 6.41. The van der Waals surface area contributed by atoms with Crippen LogP contribution in [0.5, 0.6) is 0 Å². The third-order valence-corrected chi connectivity index (χ3v) is 2.97. The minimum Gasteiger partial charge on any atom is -0.349 e. The average molecular weight is 252 g/mol. The molecule has 0 saturated carbocycles. The highest BCUT2D eigenvalue weighted by molar-refractivity contribution is 5.95. The molecule has 0 aliphatic rings. The molecule has 96 valence electrons. The van der Waals surface area contributed by atoms with Gasteiger partial charge in [0.25, 0.3) is 0 Å². The van der Waals surface area contributed by atoms with Crippen LogP contribution in [-0.2, 0) is 6.54 Å². The van der Waals surface area contributed by atoms with Crippen molar-refractivity contribution in [3.8, 4) is 6.07 Å². The van der Waals surface area contributed by atoms with Crippen LogP contribution >= 0.6 is 0 Å². The van der Waals surface area contributed by atoms with Crippen LogP contribution in [0.2, 0.25) is 0 Å². The summed E-state index contributed by atoms with van der Waals surface area (Å²) in [4.78, 5) is 11.8. The monoisotopic (exact) mass is 252 g/mol. The van der Waals surface area contributed by atoms with E-state index in [1.165, 1.54) is 0 Å². The average Bonchev–Trinajstić information content (AvgIpc) is 2.88. The topological polar surface area (TPSA) is 45.8 Å². The number of ketones is 1. The summed E-state index contributed by atoms with van der Waals surface area (Å²) in [6.07, 6.45) is 5.24. The van der Waals surface area contributed by atoms with E-state index in [1.807, 2.05) is 48.1 Å². The molecule has 19 heavy (non-hydrogen) atoms. The molecule has 0 amide bonds. The molecule has 0 bridgehead atoms. The third-order valence-electron chi connectivity index (χ3n) is 2.97. The molecule has 1 aromatic carbocycles. The third kappa shape index (κ3) is 3.32. The lowest BCUT2D eigenvalue weighted by Gasteiger charge is -2.03. The van der Waals surface area contributed by atoms with Crippen LogP contribution in [0, 0.1) is 11.3 Å². The second kappa shape index (κ2) is 6.01. The van der Waals surface area contributed by atoms with Gasteiger partial charge < -0.3 is 4.57 Å². The summed E-state index contributed by atoms with van der Waals surface area (Å²) in [6.45, 7) is 2.68.